The second-order valence-electron chi connectivity index (χ2n) is 6.47. The molecule has 6 heteroatoms. The van der Waals surface area contributed by atoms with Gasteiger partial charge in [0.05, 0.1) is 24.0 Å². The lowest BCUT2D eigenvalue weighted by atomic mass is 10.1. The van der Waals surface area contributed by atoms with Crippen LogP contribution in [0, 0.1) is 6.92 Å². The normalized spacial score (nSPS) is 17.2. The molecule has 0 aliphatic carbocycles. The van der Waals surface area contributed by atoms with Gasteiger partial charge in [0.1, 0.15) is 0 Å². The minimum atomic E-state index is 0.0837. The highest BCUT2D eigenvalue weighted by Crippen LogP contribution is 2.22. The van der Waals surface area contributed by atoms with Crippen molar-refractivity contribution in [3.05, 3.63) is 66.2 Å². The first-order valence-electron chi connectivity index (χ1n) is 8.62. The van der Waals surface area contributed by atoms with Gasteiger partial charge in [0.2, 0.25) is 0 Å². The summed E-state index contributed by atoms with van der Waals surface area (Å²) in [6, 6.07) is 11.7. The number of benzene rings is 1. The van der Waals surface area contributed by atoms with Crippen LogP contribution < -0.4 is 0 Å². The van der Waals surface area contributed by atoms with E-state index in [1.165, 1.54) is 0 Å². The third-order valence-electron chi connectivity index (χ3n) is 4.68. The van der Waals surface area contributed by atoms with Crippen molar-refractivity contribution < 1.29 is 4.79 Å². The zero-order chi connectivity index (χ0) is 17.2. The Kier molecular flexibility index (Phi) is 4.09. The molecule has 1 aromatic carbocycles. The molecule has 3 heterocycles. The van der Waals surface area contributed by atoms with E-state index >= 15 is 0 Å². The molecule has 1 saturated heterocycles. The number of hydrogen-bond acceptors (Lipinski definition) is 3. The van der Waals surface area contributed by atoms with Gasteiger partial charge in [-0.3, -0.25) is 9.48 Å². The second kappa shape index (κ2) is 6.55. The predicted molar refractivity (Wildman–Crippen MR) is 94.6 cm³/mol. The molecule has 1 aliphatic heterocycles. The first-order chi connectivity index (χ1) is 12.2. The molecular formula is C19H21N5O. The monoisotopic (exact) mass is 335 g/mol. The summed E-state index contributed by atoms with van der Waals surface area (Å²) in [7, 11) is 0. The van der Waals surface area contributed by atoms with E-state index in [0.717, 1.165) is 37.3 Å². The standard InChI is InChI=1S/C19H21N5O/c1-15-8-12-24(21-15)17-6-2-5-16(13-17)19(25)23-11-3-7-18(23)14-22-10-4-9-20-22/h2,4-6,8-10,12-13,18H,3,7,11,14H2,1H3. The summed E-state index contributed by atoms with van der Waals surface area (Å²) in [6.07, 6.45) is 7.69. The smallest absolute Gasteiger partial charge is 0.254 e. The van der Waals surface area contributed by atoms with Crippen LogP contribution in [-0.2, 0) is 6.54 Å². The van der Waals surface area contributed by atoms with E-state index in [4.69, 9.17) is 0 Å². The molecule has 0 bridgehead atoms. The number of rotatable bonds is 4. The third-order valence-corrected chi connectivity index (χ3v) is 4.68. The average Bonchev–Trinajstić information content (AvgIpc) is 3.37. The summed E-state index contributed by atoms with van der Waals surface area (Å²) >= 11 is 0. The topological polar surface area (TPSA) is 56.0 Å². The highest BCUT2D eigenvalue weighted by atomic mass is 16.2. The molecule has 1 fully saturated rings. The molecule has 3 aromatic rings. The van der Waals surface area contributed by atoms with Crippen molar-refractivity contribution in [2.45, 2.75) is 32.4 Å². The van der Waals surface area contributed by atoms with Crippen molar-refractivity contribution in [3.8, 4) is 5.69 Å². The molecule has 1 amide bonds. The van der Waals surface area contributed by atoms with Crippen LogP contribution in [-0.4, -0.2) is 43.0 Å². The summed E-state index contributed by atoms with van der Waals surface area (Å²) in [4.78, 5) is 15.0. The van der Waals surface area contributed by atoms with Crippen LogP contribution >= 0.6 is 0 Å². The van der Waals surface area contributed by atoms with Gasteiger partial charge < -0.3 is 4.90 Å². The van der Waals surface area contributed by atoms with Gasteiger partial charge in [-0.15, -0.1) is 0 Å². The van der Waals surface area contributed by atoms with Crippen LogP contribution in [0.3, 0.4) is 0 Å². The quantitative estimate of drug-likeness (QED) is 0.736. The molecule has 0 spiro atoms. The van der Waals surface area contributed by atoms with E-state index in [1.807, 2.05) is 65.3 Å². The number of likely N-dealkylation sites (tertiary alicyclic amines) is 1. The largest absolute Gasteiger partial charge is 0.334 e. The first-order valence-corrected chi connectivity index (χ1v) is 8.62. The molecule has 0 saturated carbocycles. The van der Waals surface area contributed by atoms with Crippen molar-refractivity contribution in [1.29, 1.82) is 0 Å². The number of carbonyl (C=O) groups excluding carboxylic acids is 1. The minimum absolute atomic E-state index is 0.0837. The third kappa shape index (κ3) is 3.20. The zero-order valence-electron chi connectivity index (χ0n) is 14.2. The fourth-order valence-electron chi connectivity index (χ4n) is 3.42. The molecule has 4 rings (SSSR count). The van der Waals surface area contributed by atoms with E-state index in [2.05, 4.69) is 10.2 Å². The maximum Gasteiger partial charge on any atom is 0.254 e. The Hall–Kier alpha value is -2.89. The second-order valence-corrected chi connectivity index (χ2v) is 6.47. The van der Waals surface area contributed by atoms with E-state index in [0.29, 0.717) is 5.56 Å². The molecule has 1 aliphatic rings. The summed E-state index contributed by atoms with van der Waals surface area (Å²) in [5, 5.41) is 8.69. The molecule has 1 atom stereocenters. The maximum absolute atomic E-state index is 13.0. The molecule has 0 radical (unpaired) electrons. The number of hydrogen-bond donors (Lipinski definition) is 0. The summed E-state index contributed by atoms with van der Waals surface area (Å²) in [5.41, 5.74) is 2.57. The van der Waals surface area contributed by atoms with Crippen LogP contribution in [0.4, 0.5) is 0 Å². The lowest BCUT2D eigenvalue weighted by Gasteiger charge is -2.25. The first kappa shape index (κ1) is 15.6. The van der Waals surface area contributed by atoms with Crippen molar-refractivity contribution in [1.82, 2.24) is 24.5 Å². The number of nitrogens with zero attached hydrogens (tertiary/aromatic N) is 5. The lowest BCUT2D eigenvalue weighted by Crippen LogP contribution is -2.38. The van der Waals surface area contributed by atoms with Gasteiger partial charge in [-0.25, -0.2) is 4.68 Å². The van der Waals surface area contributed by atoms with E-state index < -0.39 is 0 Å². The van der Waals surface area contributed by atoms with Crippen LogP contribution in [0.2, 0.25) is 0 Å². The average molecular weight is 335 g/mol. The number of amides is 1. The van der Waals surface area contributed by atoms with Gasteiger partial charge >= 0.3 is 0 Å². The highest BCUT2D eigenvalue weighted by molar-refractivity contribution is 5.95. The van der Waals surface area contributed by atoms with Crippen molar-refractivity contribution in [2.75, 3.05) is 6.54 Å². The van der Waals surface area contributed by atoms with Crippen LogP contribution in [0.1, 0.15) is 28.9 Å². The highest BCUT2D eigenvalue weighted by Gasteiger charge is 2.29. The molecule has 6 nitrogen and oxygen atoms in total. The van der Waals surface area contributed by atoms with Gasteiger partial charge in [0.25, 0.3) is 5.91 Å². The van der Waals surface area contributed by atoms with Crippen LogP contribution in [0.5, 0.6) is 0 Å². The van der Waals surface area contributed by atoms with Gasteiger partial charge in [0, 0.05) is 30.7 Å². The Morgan fingerprint density at radius 1 is 1.24 bits per heavy atom. The van der Waals surface area contributed by atoms with Crippen LogP contribution in [0.25, 0.3) is 5.69 Å². The Morgan fingerprint density at radius 3 is 2.92 bits per heavy atom. The summed E-state index contributed by atoms with van der Waals surface area (Å²) < 4.78 is 3.70. The molecule has 1 unspecified atom stereocenters. The van der Waals surface area contributed by atoms with Gasteiger partial charge in [-0.05, 0) is 50.1 Å². The van der Waals surface area contributed by atoms with E-state index in [-0.39, 0.29) is 11.9 Å². The fraction of sp³-hybridized carbons (Fsp3) is 0.316. The molecule has 128 valence electrons. The molecule has 2 aromatic heterocycles. The fourth-order valence-corrected chi connectivity index (χ4v) is 3.42. The van der Waals surface area contributed by atoms with Crippen LogP contribution in [0.15, 0.2) is 55.0 Å². The maximum atomic E-state index is 13.0. The molecule has 0 N–H and O–H groups in total. The summed E-state index contributed by atoms with van der Waals surface area (Å²) in [5.74, 6) is 0.0837. The summed E-state index contributed by atoms with van der Waals surface area (Å²) in [6.45, 7) is 3.50. The molecular weight excluding hydrogens is 314 g/mol. The lowest BCUT2D eigenvalue weighted by molar-refractivity contribution is 0.0721. The predicted octanol–water partition coefficient (Wildman–Crippen LogP) is 2.68. The number of aromatic nitrogens is 4. The van der Waals surface area contributed by atoms with Crippen molar-refractivity contribution >= 4 is 5.91 Å². The SMILES string of the molecule is Cc1ccn(-c2cccc(C(=O)N3CCCC3Cn3cccn3)c2)n1. The van der Waals surface area contributed by atoms with Gasteiger partial charge in [-0.2, -0.15) is 10.2 Å². The van der Waals surface area contributed by atoms with Gasteiger partial charge in [-0.1, -0.05) is 6.07 Å². The Labute approximate surface area is 146 Å². The Bertz CT molecular complexity index is 868. The number of carbonyl (C=O) groups is 1. The van der Waals surface area contributed by atoms with Gasteiger partial charge in [0.15, 0.2) is 0 Å². The minimum Gasteiger partial charge on any atom is -0.334 e. The molecule has 25 heavy (non-hydrogen) atoms. The Balaban J connectivity index is 1.55. The zero-order valence-corrected chi connectivity index (χ0v) is 14.2. The Morgan fingerprint density at radius 2 is 2.16 bits per heavy atom. The van der Waals surface area contributed by atoms with E-state index in [9.17, 15) is 4.79 Å². The van der Waals surface area contributed by atoms with Crippen molar-refractivity contribution in [3.63, 3.8) is 0 Å². The van der Waals surface area contributed by atoms with E-state index in [1.54, 1.807) is 10.9 Å². The number of aryl methyl sites for hydroxylation is 1. The van der Waals surface area contributed by atoms with Crippen molar-refractivity contribution in [2.24, 2.45) is 0 Å².